The number of piperazine rings is 1. The van der Waals surface area contributed by atoms with Crippen molar-refractivity contribution in [3.8, 4) is 5.75 Å². The molecule has 1 aromatic carbocycles. The third-order valence-electron chi connectivity index (χ3n) is 4.40. The average Bonchev–Trinajstić information content (AvgIpc) is 2.69. The maximum Gasteiger partial charge on any atom is 0.287 e. The Kier molecular flexibility index (Phi) is 5.93. The standard InChI is InChI=1S/C18H18ClFN4O4/c1-12(28-16-4-2-13(20)10-15(16)19)18(25)23-8-6-22(7-9-23)17-5-3-14(11-21-17)24(26)27/h2-5,10-12H,6-9H2,1H3. The van der Waals surface area contributed by atoms with Crippen molar-refractivity contribution < 1.29 is 18.8 Å². The van der Waals surface area contributed by atoms with E-state index in [-0.39, 0.29) is 22.4 Å². The van der Waals surface area contributed by atoms with E-state index < -0.39 is 16.8 Å². The average molecular weight is 409 g/mol. The Morgan fingerprint density at radius 2 is 2.00 bits per heavy atom. The second-order valence-corrected chi connectivity index (χ2v) is 6.69. The minimum atomic E-state index is -0.771. The number of hydrogen-bond donors (Lipinski definition) is 0. The highest BCUT2D eigenvalue weighted by Gasteiger charge is 2.27. The van der Waals surface area contributed by atoms with Crippen LogP contribution in [0.3, 0.4) is 0 Å². The first-order valence-corrected chi connectivity index (χ1v) is 8.99. The van der Waals surface area contributed by atoms with Gasteiger partial charge in [0.25, 0.3) is 11.6 Å². The van der Waals surface area contributed by atoms with E-state index in [0.717, 1.165) is 6.07 Å². The number of ether oxygens (including phenoxy) is 1. The molecule has 1 amide bonds. The molecule has 0 bridgehead atoms. The van der Waals surface area contributed by atoms with Gasteiger partial charge in [0.1, 0.15) is 23.6 Å². The molecule has 1 saturated heterocycles. The molecule has 2 aromatic rings. The van der Waals surface area contributed by atoms with Crippen LogP contribution in [0.15, 0.2) is 36.5 Å². The number of anilines is 1. The molecule has 3 rings (SSSR count). The summed E-state index contributed by atoms with van der Waals surface area (Å²) >= 11 is 5.94. The zero-order valence-corrected chi connectivity index (χ0v) is 15.8. The fourth-order valence-electron chi connectivity index (χ4n) is 2.90. The molecule has 10 heteroatoms. The van der Waals surface area contributed by atoms with E-state index in [9.17, 15) is 19.3 Å². The van der Waals surface area contributed by atoms with E-state index in [1.54, 1.807) is 17.9 Å². The van der Waals surface area contributed by atoms with Crippen molar-refractivity contribution in [2.24, 2.45) is 0 Å². The number of halogens is 2. The molecule has 0 N–H and O–H groups in total. The Balaban J connectivity index is 1.56. The zero-order valence-electron chi connectivity index (χ0n) is 15.0. The van der Waals surface area contributed by atoms with Gasteiger partial charge in [-0.3, -0.25) is 14.9 Å². The Hall–Kier alpha value is -2.94. The molecule has 1 aromatic heterocycles. The van der Waals surface area contributed by atoms with Crippen molar-refractivity contribution in [2.45, 2.75) is 13.0 Å². The highest BCUT2D eigenvalue weighted by molar-refractivity contribution is 6.32. The van der Waals surface area contributed by atoms with Crippen LogP contribution in [0.4, 0.5) is 15.9 Å². The number of nitrogens with zero attached hydrogens (tertiary/aromatic N) is 4. The number of amides is 1. The van der Waals surface area contributed by atoms with Gasteiger partial charge in [0.05, 0.1) is 9.95 Å². The van der Waals surface area contributed by atoms with Crippen LogP contribution in [0.5, 0.6) is 5.75 Å². The molecule has 8 nitrogen and oxygen atoms in total. The van der Waals surface area contributed by atoms with Gasteiger partial charge in [-0.2, -0.15) is 0 Å². The number of hydrogen-bond acceptors (Lipinski definition) is 6. The van der Waals surface area contributed by atoms with Crippen LogP contribution < -0.4 is 9.64 Å². The first kappa shape index (κ1) is 19.8. The molecule has 2 heterocycles. The first-order chi connectivity index (χ1) is 13.3. The van der Waals surface area contributed by atoms with E-state index in [1.165, 1.54) is 24.4 Å². The highest BCUT2D eigenvalue weighted by Crippen LogP contribution is 2.26. The van der Waals surface area contributed by atoms with Crippen molar-refractivity contribution >= 4 is 29.0 Å². The Morgan fingerprint density at radius 1 is 1.29 bits per heavy atom. The van der Waals surface area contributed by atoms with E-state index in [1.807, 2.05) is 4.90 Å². The van der Waals surface area contributed by atoms with E-state index >= 15 is 0 Å². The van der Waals surface area contributed by atoms with E-state index in [0.29, 0.717) is 32.0 Å². The predicted octanol–water partition coefficient (Wildman–Crippen LogP) is 2.90. The second kappa shape index (κ2) is 8.39. The summed E-state index contributed by atoms with van der Waals surface area (Å²) in [7, 11) is 0. The van der Waals surface area contributed by atoms with Gasteiger partial charge in [-0.25, -0.2) is 9.37 Å². The van der Waals surface area contributed by atoms with E-state index in [2.05, 4.69) is 4.98 Å². The smallest absolute Gasteiger partial charge is 0.287 e. The lowest BCUT2D eigenvalue weighted by Gasteiger charge is -2.36. The minimum absolute atomic E-state index is 0.0667. The predicted molar refractivity (Wildman–Crippen MR) is 101 cm³/mol. The van der Waals surface area contributed by atoms with Gasteiger partial charge in [-0.15, -0.1) is 0 Å². The van der Waals surface area contributed by atoms with Gasteiger partial charge in [0, 0.05) is 32.2 Å². The van der Waals surface area contributed by atoms with Crippen molar-refractivity contribution in [1.29, 1.82) is 0 Å². The Morgan fingerprint density at radius 3 is 2.57 bits per heavy atom. The topological polar surface area (TPSA) is 88.8 Å². The summed E-state index contributed by atoms with van der Waals surface area (Å²) in [6.07, 6.45) is 0.446. The monoisotopic (exact) mass is 408 g/mol. The lowest BCUT2D eigenvalue weighted by Crippen LogP contribution is -2.52. The normalized spacial score (nSPS) is 15.2. The molecule has 0 radical (unpaired) electrons. The molecular formula is C18H18ClFN4O4. The van der Waals surface area contributed by atoms with Gasteiger partial charge < -0.3 is 14.5 Å². The zero-order chi connectivity index (χ0) is 20.3. The third kappa shape index (κ3) is 4.48. The number of benzene rings is 1. The Bertz CT molecular complexity index is 872. The van der Waals surface area contributed by atoms with Crippen LogP contribution in [0, 0.1) is 15.9 Å². The van der Waals surface area contributed by atoms with Gasteiger partial charge in [-0.1, -0.05) is 11.6 Å². The van der Waals surface area contributed by atoms with Crippen LogP contribution >= 0.6 is 11.6 Å². The van der Waals surface area contributed by atoms with Crippen molar-refractivity contribution in [3.63, 3.8) is 0 Å². The number of nitro groups is 1. The Labute approximate surface area is 165 Å². The summed E-state index contributed by atoms with van der Waals surface area (Å²) in [6.45, 7) is 3.62. The fraction of sp³-hybridized carbons (Fsp3) is 0.333. The molecule has 1 aliphatic heterocycles. The largest absolute Gasteiger partial charge is 0.479 e. The molecule has 1 aliphatic rings. The highest BCUT2D eigenvalue weighted by atomic mass is 35.5. The summed E-state index contributed by atoms with van der Waals surface area (Å²) in [5.74, 6) is 0.196. The molecule has 28 heavy (non-hydrogen) atoms. The SMILES string of the molecule is CC(Oc1ccc(F)cc1Cl)C(=O)N1CCN(c2ccc([N+](=O)[O-])cn2)CC1. The van der Waals surface area contributed by atoms with Crippen LogP contribution in [-0.2, 0) is 4.79 Å². The summed E-state index contributed by atoms with van der Waals surface area (Å²) in [5, 5.41) is 10.8. The van der Waals surface area contributed by atoms with Crippen molar-refractivity contribution in [3.05, 3.63) is 57.5 Å². The summed E-state index contributed by atoms with van der Waals surface area (Å²) in [4.78, 5) is 30.6. The maximum absolute atomic E-state index is 13.1. The molecule has 1 fully saturated rings. The van der Waals surface area contributed by atoms with Gasteiger partial charge >= 0.3 is 0 Å². The quantitative estimate of drug-likeness (QED) is 0.558. The lowest BCUT2D eigenvalue weighted by molar-refractivity contribution is -0.385. The minimum Gasteiger partial charge on any atom is -0.479 e. The van der Waals surface area contributed by atoms with Gasteiger partial charge in [-0.05, 0) is 31.2 Å². The maximum atomic E-state index is 13.1. The molecule has 1 atom stereocenters. The second-order valence-electron chi connectivity index (χ2n) is 6.28. The van der Waals surface area contributed by atoms with Crippen LogP contribution in [0.25, 0.3) is 0 Å². The summed E-state index contributed by atoms with van der Waals surface area (Å²) < 4.78 is 18.7. The first-order valence-electron chi connectivity index (χ1n) is 8.61. The van der Waals surface area contributed by atoms with Crippen molar-refractivity contribution in [2.75, 3.05) is 31.1 Å². The molecular weight excluding hydrogens is 391 g/mol. The van der Waals surface area contributed by atoms with Gasteiger partial charge in [0.15, 0.2) is 6.10 Å². The van der Waals surface area contributed by atoms with Crippen LogP contribution in [-0.4, -0.2) is 53.0 Å². The van der Waals surface area contributed by atoms with Crippen molar-refractivity contribution in [1.82, 2.24) is 9.88 Å². The molecule has 1 unspecified atom stereocenters. The van der Waals surface area contributed by atoms with Gasteiger partial charge in [0.2, 0.25) is 0 Å². The third-order valence-corrected chi connectivity index (χ3v) is 4.70. The van der Waals surface area contributed by atoms with Crippen LogP contribution in [0.1, 0.15) is 6.92 Å². The molecule has 0 saturated carbocycles. The molecule has 0 spiro atoms. The van der Waals surface area contributed by atoms with E-state index in [4.69, 9.17) is 16.3 Å². The number of carbonyl (C=O) groups excluding carboxylic acids is 1. The number of carbonyl (C=O) groups is 1. The summed E-state index contributed by atoms with van der Waals surface area (Å²) in [6, 6.07) is 6.73. The van der Waals surface area contributed by atoms with Crippen LogP contribution in [0.2, 0.25) is 5.02 Å². The number of rotatable bonds is 5. The molecule has 148 valence electrons. The fourth-order valence-corrected chi connectivity index (χ4v) is 3.11. The lowest BCUT2D eigenvalue weighted by atomic mass is 10.2. The molecule has 0 aliphatic carbocycles. The number of pyridine rings is 1. The number of aromatic nitrogens is 1. The summed E-state index contributed by atoms with van der Waals surface area (Å²) in [5.41, 5.74) is -0.0667.